The number of carbonyl (C=O) groups is 1. The van der Waals surface area contributed by atoms with Gasteiger partial charge in [-0.2, -0.15) is 0 Å². The summed E-state index contributed by atoms with van der Waals surface area (Å²) in [5.41, 5.74) is 3.18. The number of benzene rings is 1. The SMILES string of the molecule is C[NH+]1CCc2c(sc3c2C(=O)N[C@@H](c2cccc(Br)c2)N3)C1. The molecule has 2 aromatic rings. The van der Waals surface area contributed by atoms with Crippen molar-refractivity contribution in [3.05, 3.63) is 50.3 Å². The number of thiophene rings is 1. The molecule has 0 fully saturated rings. The molecule has 1 unspecified atom stereocenters. The minimum atomic E-state index is -0.164. The molecule has 6 heteroatoms. The maximum atomic E-state index is 12.6. The van der Waals surface area contributed by atoms with Crippen LogP contribution in [0.5, 0.6) is 0 Å². The van der Waals surface area contributed by atoms with Crippen molar-refractivity contribution in [1.82, 2.24) is 5.32 Å². The highest BCUT2D eigenvalue weighted by Gasteiger charge is 2.33. The summed E-state index contributed by atoms with van der Waals surface area (Å²) in [4.78, 5) is 15.5. The molecule has 2 aliphatic heterocycles. The number of hydrogen-bond donors (Lipinski definition) is 3. The number of fused-ring (bicyclic) bond motifs is 3. The highest BCUT2D eigenvalue weighted by molar-refractivity contribution is 9.10. The Balaban J connectivity index is 1.71. The van der Waals surface area contributed by atoms with Crippen molar-refractivity contribution in [1.29, 1.82) is 0 Å². The first kappa shape index (κ1) is 14.2. The van der Waals surface area contributed by atoms with Gasteiger partial charge in [0, 0.05) is 10.9 Å². The van der Waals surface area contributed by atoms with Crippen LogP contribution in [0.4, 0.5) is 5.00 Å². The predicted octanol–water partition coefficient (Wildman–Crippen LogP) is 1.94. The first-order valence-corrected chi connectivity index (χ1v) is 9.01. The van der Waals surface area contributed by atoms with Crippen LogP contribution in [-0.2, 0) is 13.0 Å². The van der Waals surface area contributed by atoms with E-state index in [1.807, 2.05) is 24.3 Å². The molecular weight excluding hydrogens is 362 g/mol. The summed E-state index contributed by atoms with van der Waals surface area (Å²) < 4.78 is 1.02. The topological polar surface area (TPSA) is 45.6 Å². The molecule has 4 nitrogen and oxygen atoms in total. The number of halogens is 1. The van der Waals surface area contributed by atoms with Gasteiger partial charge in [0.2, 0.25) is 0 Å². The molecule has 0 bridgehead atoms. The van der Waals surface area contributed by atoms with E-state index in [2.05, 4.69) is 33.6 Å². The smallest absolute Gasteiger partial charge is 0.256 e. The third kappa shape index (κ3) is 2.35. The van der Waals surface area contributed by atoms with Crippen LogP contribution in [0.3, 0.4) is 0 Å². The van der Waals surface area contributed by atoms with Crippen molar-refractivity contribution in [3.63, 3.8) is 0 Å². The van der Waals surface area contributed by atoms with Crippen molar-refractivity contribution >= 4 is 38.2 Å². The molecule has 22 heavy (non-hydrogen) atoms. The highest BCUT2D eigenvalue weighted by atomic mass is 79.9. The number of nitrogens with one attached hydrogen (secondary N) is 3. The van der Waals surface area contributed by atoms with Crippen molar-refractivity contribution in [2.75, 3.05) is 18.9 Å². The van der Waals surface area contributed by atoms with Gasteiger partial charge in [0.25, 0.3) is 5.91 Å². The minimum absolute atomic E-state index is 0.0516. The number of carbonyl (C=O) groups excluding carboxylic acids is 1. The third-order valence-corrected chi connectivity index (χ3v) is 5.97. The molecule has 1 amide bonds. The van der Waals surface area contributed by atoms with Crippen LogP contribution in [0, 0.1) is 0 Å². The van der Waals surface area contributed by atoms with Crippen molar-refractivity contribution < 1.29 is 9.69 Å². The molecule has 0 aliphatic carbocycles. The van der Waals surface area contributed by atoms with Gasteiger partial charge in [0.1, 0.15) is 17.7 Å². The molecule has 0 spiro atoms. The zero-order valence-corrected chi connectivity index (χ0v) is 14.6. The van der Waals surface area contributed by atoms with E-state index in [9.17, 15) is 4.79 Å². The van der Waals surface area contributed by atoms with Crippen LogP contribution in [0.2, 0.25) is 0 Å². The molecule has 0 radical (unpaired) electrons. The predicted molar refractivity (Wildman–Crippen MR) is 91.5 cm³/mol. The lowest BCUT2D eigenvalue weighted by Gasteiger charge is -2.27. The number of quaternary nitrogens is 1. The van der Waals surface area contributed by atoms with Gasteiger partial charge in [-0.25, -0.2) is 0 Å². The van der Waals surface area contributed by atoms with Gasteiger partial charge < -0.3 is 15.5 Å². The Morgan fingerprint density at radius 1 is 1.36 bits per heavy atom. The zero-order chi connectivity index (χ0) is 15.3. The van der Waals surface area contributed by atoms with Crippen molar-refractivity contribution in [2.45, 2.75) is 19.1 Å². The van der Waals surface area contributed by atoms with E-state index in [0.717, 1.165) is 40.1 Å². The minimum Gasteiger partial charge on any atom is -0.353 e. The molecule has 114 valence electrons. The van der Waals surface area contributed by atoms with Crippen LogP contribution >= 0.6 is 27.3 Å². The number of anilines is 1. The molecule has 0 saturated carbocycles. The van der Waals surface area contributed by atoms with Gasteiger partial charge in [0.15, 0.2) is 0 Å². The lowest BCUT2D eigenvalue weighted by atomic mass is 10.0. The van der Waals surface area contributed by atoms with E-state index in [0.29, 0.717) is 0 Å². The van der Waals surface area contributed by atoms with Crippen molar-refractivity contribution in [2.24, 2.45) is 0 Å². The monoisotopic (exact) mass is 378 g/mol. The first-order chi connectivity index (χ1) is 10.6. The summed E-state index contributed by atoms with van der Waals surface area (Å²) in [5.74, 6) is 0.0516. The molecule has 3 heterocycles. The van der Waals surface area contributed by atoms with E-state index in [1.54, 1.807) is 11.3 Å². The van der Waals surface area contributed by atoms with Gasteiger partial charge in [0.05, 0.1) is 24.0 Å². The largest absolute Gasteiger partial charge is 0.353 e. The fraction of sp³-hybridized carbons (Fsp3) is 0.312. The molecule has 1 aromatic carbocycles. The fourth-order valence-electron chi connectivity index (χ4n) is 3.19. The first-order valence-electron chi connectivity index (χ1n) is 7.40. The molecule has 3 N–H and O–H groups in total. The van der Waals surface area contributed by atoms with Gasteiger partial charge in [-0.3, -0.25) is 4.79 Å². The Morgan fingerprint density at radius 2 is 2.23 bits per heavy atom. The molecular formula is C16H17BrN3OS+. The summed E-state index contributed by atoms with van der Waals surface area (Å²) in [6.07, 6.45) is 0.826. The summed E-state index contributed by atoms with van der Waals surface area (Å²) in [5, 5.41) is 7.61. The Hall–Kier alpha value is -1.37. The zero-order valence-electron chi connectivity index (χ0n) is 12.2. The molecule has 1 aromatic heterocycles. The maximum absolute atomic E-state index is 12.6. The summed E-state index contributed by atoms with van der Waals surface area (Å²) in [6.45, 7) is 2.11. The Kier molecular flexibility index (Phi) is 3.47. The van der Waals surface area contributed by atoms with Crippen LogP contribution in [0.1, 0.15) is 32.5 Å². The van der Waals surface area contributed by atoms with Gasteiger partial charge >= 0.3 is 0 Å². The molecule has 2 aliphatic rings. The Labute approximate surface area is 141 Å². The quantitative estimate of drug-likeness (QED) is 0.709. The third-order valence-electron chi connectivity index (χ3n) is 4.31. The average Bonchev–Trinajstić information content (AvgIpc) is 2.84. The van der Waals surface area contributed by atoms with Gasteiger partial charge in [-0.1, -0.05) is 28.1 Å². The van der Waals surface area contributed by atoms with Crippen LogP contribution in [0.15, 0.2) is 28.7 Å². The van der Waals surface area contributed by atoms with Crippen LogP contribution in [0.25, 0.3) is 0 Å². The van der Waals surface area contributed by atoms with Gasteiger partial charge in [-0.05, 0) is 23.3 Å². The normalized spacial score (nSPS) is 23.3. The van der Waals surface area contributed by atoms with Crippen molar-refractivity contribution in [3.8, 4) is 0 Å². The van der Waals surface area contributed by atoms with Crippen LogP contribution in [-0.4, -0.2) is 19.5 Å². The highest BCUT2D eigenvalue weighted by Crippen LogP contribution is 2.39. The lowest BCUT2D eigenvalue weighted by molar-refractivity contribution is -0.895. The number of hydrogen-bond acceptors (Lipinski definition) is 3. The molecule has 4 rings (SSSR count). The summed E-state index contributed by atoms with van der Waals surface area (Å²) >= 11 is 5.23. The van der Waals surface area contributed by atoms with E-state index in [4.69, 9.17) is 0 Å². The van der Waals surface area contributed by atoms with E-state index < -0.39 is 0 Å². The number of likely N-dealkylation sites (N-methyl/N-ethyl adjacent to an activating group) is 1. The molecule has 0 saturated heterocycles. The number of rotatable bonds is 1. The fourth-order valence-corrected chi connectivity index (χ4v) is 4.99. The maximum Gasteiger partial charge on any atom is 0.256 e. The summed E-state index contributed by atoms with van der Waals surface area (Å²) in [6, 6.07) is 8.04. The Bertz CT molecular complexity index is 758. The Morgan fingerprint density at radius 3 is 3.05 bits per heavy atom. The second-order valence-electron chi connectivity index (χ2n) is 5.95. The summed E-state index contributed by atoms with van der Waals surface area (Å²) in [7, 11) is 2.21. The van der Waals surface area contributed by atoms with Crippen LogP contribution < -0.4 is 15.5 Å². The average molecular weight is 379 g/mol. The number of amides is 1. The second-order valence-corrected chi connectivity index (χ2v) is 7.97. The standard InChI is InChI=1S/C16H16BrN3OS/c1-20-6-5-11-12(8-20)22-16-13(11)15(21)18-14(19-16)9-3-2-4-10(17)7-9/h2-4,7,14,19H,5-6,8H2,1H3,(H,18,21)/p+1/t14-/m1/s1. The second kappa shape index (κ2) is 5.37. The van der Waals surface area contributed by atoms with E-state index >= 15 is 0 Å². The lowest BCUT2D eigenvalue weighted by Crippen LogP contribution is -3.08. The van der Waals surface area contributed by atoms with E-state index in [-0.39, 0.29) is 12.1 Å². The van der Waals surface area contributed by atoms with Gasteiger partial charge in [-0.15, -0.1) is 11.3 Å². The van der Waals surface area contributed by atoms with E-state index in [1.165, 1.54) is 15.3 Å². The molecule has 2 atom stereocenters.